The fourth-order valence-electron chi connectivity index (χ4n) is 4.07. The number of nitrogens with zero attached hydrogens (tertiary/aromatic N) is 3. The molecule has 0 atom stereocenters. The van der Waals surface area contributed by atoms with Crippen molar-refractivity contribution in [2.45, 2.75) is 12.8 Å². The highest BCUT2D eigenvalue weighted by Crippen LogP contribution is 2.36. The molecule has 2 aromatic carbocycles. The van der Waals surface area contributed by atoms with Crippen LogP contribution in [0.2, 0.25) is 0 Å². The van der Waals surface area contributed by atoms with Crippen LogP contribution in [0.15, 0.2) is 48.5 Å². The largest absolute Gasteiger partial charge is 0.340 e. The summed E-state index contributed by atoms with van der Waals surface area (Å²) in [6.45, 7) is 7.10. The summed E-state index contributed by atoms with van der Waals surface area (Å²) in [5.74, 6) is 0. The molecule has 0 bridgehead atoms. The van der Waals surface area contributed by atoms with E-state index >= 15 is 0 Å². The molecular weight excluding hydrogens is 318 g/mol. The first-order valence-corrected chi connectivity index (χ1v) is 9.86. The van der Waals surface area contributed by atoms with Crippen molar-refractivity contribution in [1.29, 1.82) is 0 Å². The average molecular weight is 348 g/mol. The lowest BCUT2D eigenvalue weighted by molar-refractivity contribution is 0.275. The summed E-state index contributed by atoms with van der Waals surface area (Å²) in [7, 11) is 2.24. The monoisotopic (exact) mass is 347 g/mol. The van der Waals surface area contributed by atoms with Crippen LogP contribution in [0.3, 0.4) is 0 Å². The normalized spacial score (nSPS) is 18.1. The molecule has 2 aromatic rings. The second-order valence-electron chi connectivity index (χ2n) is 7.45. The minimum Gasteiger partial charge on any atom is -0.340 e. The van der Waals surface area contributed by atoms with E-state index in [2.05, 4.69) is 82.4 Å². The van der Waals surface area contributed by atoms with Crippen molar-refractivity contribution in [2.24, 2.45) is 0 Å². The Morgan fingerprint density at radius 2 is 1.38 bits per heavy atom. The van der Waals surface area contributed by atoms with Gasteiger partial charge in [-0.15, -0.1) is 0 Å². The topological polar surface area (TPSA) is 9.72 Å². The van der Waals surface area contributed by atoms with Crippen LogP contribution in [0.25, 0.3) is 12.2 Å². The van der Waals surface area contributed by atoms with Crippen LogP contribution < -0.4 is 4.90 Å². The van der Waals surface area contributed by atoms with Gasteiger partial charge in [0.1, 0.15) is 0 Å². The van der Waals surface area contributed by atoms with Crippen LogP contribution in [-0.2, 0) is 0 Å². The fourth-order valence-corrected chi connectivity index (χ4v) is 4.07. The Labute approximate surface area is 157 Å². The Bertz CT molecular complexity index is 718. The van der Waals surface area contributed by atoms with Gasteiger partial charge in [-0.05, 0) is 62.8 Å². The number of para-hydroxylation sites is 2. The van der Waals surface area contributed by atoms with Crippen molar-refractivity contribution >= 4 is 23.5 Å². The lowest BCUT2D eigenvalue weighted by Gasteiger charge is -2.28. The summed E-state index contributed by atoms with van der Waals surface area (Å²) < 4.78 is 0. The number of anilines is 2. The minimum atomic E-state index is 1.06. The maximum Gasteiger partial charge on any atom is 0.0484 e. The molecule has 0 amide bonds. The number of rotatable bonds is 4. The minimum absolute atomic E-state index is 1.06. The summed E-state index contributed by atoms with van der Waals surface area (Å²) in [5, 5.41) is 0. The SMILES string of the molecule is CN1CCCN(CCCN2c3ccccc3C=Cc3ccccc32)CC1. The van der Waals surface area contributed by atoms with E-state index in [1.807, 2.05) is 0 Å². The third kappa shape index (κ3) is 3.84. The van der Waals surface area contributed by atoms with Crippen LogP contribution in [0.4, 0.5) is 11.4 Å². The smallest absolute Gasteiger partial charge is 0.0484 e. The number of hydrogen-bond donors (Lipinski definition) is 0. The van der Waals surface area contributed by atoms with Gasteiger partial charge in [0, 0.05) is 31.0 Å². The number of benzene rings is 2. The molecule has 0 N–H and O–H groups in total. The van der Waals surface area contributed by atoms with Crippen LogP contribution >= 0.6 is 0 Å². The van der Waals surface area contributed by atoms with E-state index < -0.39 is 0 Å². The number of fused-ring (bicyclic) bond motifs is 2. The molecule has 1 saturated heterocycles. The van der Waals surface area contributed by atoms with Crippen molar-refractivity contribution in [3.63, 3.8) is 0 Å². The van der Waals surface area contributed by atoms with E-state index in [1.54, 1.807) is 0 Å². The molecule has 0 aliphatic carbocycles. The van der Waals surface area contributed by atoms with Gasteiger partial charge in [-0.25, -0.2) is 0 Å². The van der Waals surface area contributed by atoms with Crippen LogP contribution in [0.5, 0.6) is 0 Å². The molecule has 136 valence electrons. The van der Waals surface area contributed by atoms with Gasteiger partial charge in [0.15, 0.2) is 0 Å². The molecule has 1 fully saturated rings. The van der Waals surface area contributed by atoms with E-state index in [1.165, 1.54) is 68.1 Å². The first-order valence-electron chi connectivity index (χ1n) is 9.86. The predicted octanol–water partition coefficient (Wildman–Crippen LogP) is 4.34. The second kappa shape index (κ2) is 8.07. The van der Waals surface area contributed by atoms with Crippen molar-refractivity contribution in [2.75, 3.05) is 51.2 Å². The Hall–Kier alpha value is -2.10. The molecule has 4 rings (SSSR count). The molecule has 3 nitrogen and oxygen atoms in total. The third-order valence-corrected chi connectivity index (χ3v) is 5.57. The van der Waals surface area contributed by atoms with Gasteiger partial charge in [0.05, 0.1) is 0 Å². The molecule has 0 saturated carbocycles. The first-order chi connectivity index (χ1) is 12.8. The third-order valence-electron chi connectivity index (χ3n) is 5.57. The molecule has 3 heteroatoms. The van der Waals surface area contributed by atoms with Gasteiger partial charge in [-0.1, -0.05) is 48.6 Å². The number of likely N-dealkylation sites (N-methyl/N-ethyl adjacent to an activating group) is 1. The van der Waals surface area contributed by atoms with Crippen molar-refractivity contribution in [3.8, 4) is 0 Å². The lowest BCUT2D eigenvalue weighted by atomic mass is 10.1. The quantitative estimate of drug-likeness (QED) is 0.815. The van der Waals surface area contributed by atoms with E-state index in [-0.39, 0.29) is 0 Å². The molecule has 26 heavy (non-hydrogen) atoms. The summed E-state index contributed by atoms with van der Waals surface area (Å²) >= 11 is 0. The van der Waals surface area contributed by atoms with Gasteiger partial charge in [0.25, 0.3) is 0 Å². The summed E-state index contributed by atoms with van der Waals surface area (Å²) in [6, 6.07) is 17.5. The van der Waals surface area contributed by atoms with E-state index in [9.17, 15) is 0 Å². The zero-order chi connectivity index (χ0) is 17.8. The Kier molecular flexibility index (Phi) is 5.37. The first kappa shape index (κ1) is 17.3. The zero-order valence-corrected chi connectivity index (χ0v) is 15.8. The van der Waals surface area contributed by atoms with E-state index in [0.717, 1.165) is 6.54 Å². The number of hydrogen-bond acceptors (Lipinski definition) is 3. The molecular formula is C23H29N3. The van der Waals surface area contributed by atoms with Gasteiger partial charge in [-0.2, -0.15) is 0 Å². The van der Waals surface area contributed by atoms with Crippen molar-refractivity contribution in [1.82, 2.24) is 9.80 Å². The maximum absolute atomic E-state index is 2.64. The lowest BCUT2D eigenvalue weighted by Crippen LogP contribution is -2.31. The summed E-state index contributed by atoms with van der Waals surface area (Å²) in [4.78, 5) is 7.60. The van der Waals surface area contributed by atoms with Gasteiger partial charge < -0.3 is 14.7 Å². The molecule has 0 aromatic heterocycles. The standard InChI is InChI=1S/C23H29N3/c1-24-14-6-15-25(19-18-24)16-7-17-26-22-10-4-2-8-20(22)12-13-21-9-3-5-11-23(21)26/h2-5,8-13H,6-7,14-19H2,1H3. The van der Waals surface area contributed by atoms with Crippen LogP contribution in [0, 0.1) is 0 Å². The molecule has 0 unspecified atom stereocenters. The van der Waals surface area contributed by atoms with Gasteiger partial charge >= 0.3 is 0 Å². The highest BCUT2D eigenvalue weighted by atomic mass is 15.2. The van der Waals surface area contributed by atoms with Gasteiger partial charge in [-0.3, -0.25) is 0 Å². The highest BCUT2D eigenvalue weighted by Gasteiger charge is 2.18. The highest BCUT2D eigenvalue weighted by molar-refractivity contribution is 5.88. The summed E-state index contributed by atoms with van der Waals surface area (Å²) in [5.41, 5.74) is 5.26. The molecule has 2 aliphatic rings. The Balaban J connectivity index is 1.49. The Morgan fingerprint density at radius 1 is 0.731 bits per heavy atom. The van der Waals surface area contributed by atoms with E-state index in [0.29, 0.717) is 0 Å². The Morgan fingerprint density at radius 3 is 2.08 bits per heavy atom. The predicted molar refractivity (Wildman–Crippen MR) is 112 cm³/mol. The van der Waals surface area contributed by atoms with Crippen molar-refractivity contribution in [3.05, 3.63) is 59.7 Å². The maximum atomic E-state index is 2.64. The molecule has 2 aliphatic heterocycles. The average Bonchev–Trinajstić information content (AvgIpc) is 2.97. The second-order valence-corrected chi connectivity index (χ2v) is 7.45. The van der Waals surface area contributed by atoms with Gasteiger partial charge in [0.2, 0.25) is 0 Å². The van der Waals surface area contributed by atoms with E-state index in [4.69, 9.17) is 0 Å². The zero-order valence-electron chi connectivity index (χ0n) is 15.8. The molecule has 0 spiro atoms. The van der Waals surface area contributed by atoms with Crippen LogP contribution in [-0.4, -0.2) is 56.1 Å². The fraction of sp³-hybridized carbons (Fsp3) is 0.391. The van der Waals surface area contributed by atoms with Crippen LogP contribution in [0.1, 0.15) is 24.0 Å². The summed E-state index contributed by atoms with van der Waals surface area (Å²) in [6.07, 6.45) is 6.97. The molecule has 0 radical (unpaired) electrons. The van der Waals surface area contributed by atoms with Crippen molar-refractivity contribution < 1.29 is 0 Å². The molecule has 2 heterocycles.